The Morgan fingerprint density at radius 2 is 2.17 bits per heavy atom. The van der Waals surface area contributed by atoms with Gasteiger partial charge >= 0.3 is 5.69 Å². The zero-order valence-electron chi connectivity index (χ0n) is 12.8. The first-order valence-corrected chi connectivity index (χ1v) is 7.51. The number of nitrogens with one attached hydrogen (secondary N) is 1. The molecule has 3 aromatic rings. The van der Waals surface area contributed by atoms with Crippen LogP contribution in [0.1, 0.15) is 17.0 Å². The van der Waals surface area contributed by atoms with Crippen LogP contribution in [0.2, 0.25) is 5.02 Å². The molecule has 0 saturated heterocycles. The van der Waals surface area contributed by atoms with Crippen LogP contribution < -0.4 is 10.4 Å². The van der Waals surface area contributed by atoms with Crippen LogP contribution in [-0.4, -0.2) is 14.8 Å². The highest BCUT2D eigenvalue weighted by molar-refractivity contribution is 6.32. The summed E-state index contributed by atoms with van der Waals surface area (Å²) >= 11 is 6.19. The van der Waals surface area contributed by atoms with Crippen LogP contribution in [0, 0.1) is 11.3 Å². The minimum absolute atomic E-state index is 0.260. The fraction of sp³-hybridized carbons (Fsp3) is 0.118. The van der Waals surface area contributed by atoms with E-state index in [0.29, 0.717) is 34.3 Å². The molecule has 3 rings (SSSR count). The van der Waals surface area contributed by atoms with Gasteiger partial charge in [-0.25, -0.2) is 9.89 Å². The highest BCUT2D eigenvalue weighted by atomic mass is 35.5. The first-order chi connectivity index (χ1) is 11.6. The van der Waals surface area contributed by atoms with Gasteiger partial charge in [-0.3, -0.25) is 4.57 Å². The lowest BCUT2D eigenvalue weighted by atomic mass is 10.1. The molecule has 2 aromatic carbocycles. The van der Waals surface area contributed by atoms with E-state index >= 15 is 0 Å². The predicted molar refractivity (Wildman–Crippen MR) is 89.3 cm³/mol. The Balaban J connectivity index is 1.87. The number of rotatable bonds is 4. The standard InChI is InChI=1S/C17H13ClN4O2/c1-22-16(20-21-17(22)23)9-11-5-6-14(18)15(8-11)24-13-4-2-3-12(7-13)10-19/h2-8H,9H2,1H3,(H,21,23). The molecule has 1 aromatic heterocycles. The van der Waals surface area contributed by atoms with Gasteiger partial charge < -0.3 is 4.74 Å². The highest BCUT2D eigenvalue weighted by Gasteiger charge is 2.09. The van der Waals surface area contributed by atoms with Gasteiger partial charge in [-0.05, 0) is 35.9 Å². The van der Waals surface area contributed by atoms with Gasteiger partial charge in [-0.2, -0.15) is 10.4 Å². The summed E-state index contributed by atoms with van der Waals surface area (Å²) in [6.45, 7) is 0. The van der Waals surface area contributed by atoms with Crippen LogP contribution in [0.3, 0.4) is 0 Å². The summed E-state index contributed by atoms with van der Waals surface area (Å²) in [7, 11) is 1.65. The molecular weight excluding hydrogens is 328 g/mol. The summed E-state index contributed by atoms with van der Waals surface area (Å²) in [6.07, 6.45) is 0.459. The molecule has 0 amide bonds. The van der Waals surface area contributed by atoms with E-state index in [-0.39, 0.29) is 5.69 Å². The molecule has 0 radical (unpaired) electrons. The van der Waals surface area contributed by atoms with Crippen molar-refractivity contribution in [3.05, 3.63) is 74.9 Å². The number of aromatic amines is 1. The molecule has 0 atom stereocenters. The molecule has 24 heavy (non-hydrogen) atoms. The zero-order valence-corrected chi connectivity index (χ0v) is 13.5. The number of aromatic nitrogens is 3. The van der Waals surface area contributed by atoms with Crippen molar-refractivity contribution in [3.63, 3.8) is 0 Å². The molecule has 7 heteroatoms. The molecule has 0 aliphatic rings. The van der Waals surface area contributed by atoms with E-state index in [1.165, 1.54) is 4.57 Å². The Labute approximate surface area is 142 Å². The van der Waals surface area contributed by atoms with E-state index in [1.807, 2.05) is 6.07 Å². The van der Waals surface area contributed by atoms with Gasteiger partial charge in [0.05, 0.1) is 16.7 Å². The number of hydrogen-bond donors (Lipinski definition) is 1. The van der Waals surface area contributed by atoms with Gasteiger partial charge in [-0.1, -0.05) is 23.7 Å². The second-order valence-corrected chi connectivity index (χ2v) is 5.59. The maximum atomic E-state index is 11.4. The minimum atomic E-state index is -0.260. The molecule has 0 unspecified atom stereocenters. The number of H-pyrrole nitrogens is 1. The smallest absolute Gasteiger partial charge is 0.343 e. The Kier molecular flexibility index (Phi) is 4.36. The summed E-state index contributed by atoms with van der Waals surface area (Å²) in [5.74, 6) is 1.62. The number of nitriles is 1. The molecule has 1 heterocycles. The molecule has 120 valence electrons. The third-order valence-corrected chi connectivity index (χ3v) is 3.83. The van der Waals surface area contributed by atoms with Gasteiger partial charge in [-0.15, -0.1) is 0 Å². The third-order valence-electron chi connectivity index (χ3n) is 3.52. The summed E-state index contributed by atoms with van der Waals surface area (Å²) in [6, 6.07) is 14.3. The van der Waals surface area contributed by atoms with Crippen molar-refractivity contribution in [3.8, 4) is 17.6 Å². The average molecular weight is 341 g/mol. The quantitative estimate of drug-likeness (QED) is 0.791. The Morgan fingerprint density at radius 3 is 2.88 bits per heavy atom. The van der Waals surface area contributed by atoms with E-state index in [4.69, 9.17) is 21.6 Å². The van der Waals surface area contributed by atoms with Gasteiger partial charge in [0.25, 0.3) is 0 Å². The minimum Gasteiger partial charge on any atom is -0.456 e. The highest BCUT2D eigenvalue weighted by Crippen LogP contribution is 2.31. The molecule has 0 aliphatic heterocycles. The lowest BCUT2D eigenvalue weighted by Crippen LogP contribution is -2.14. The molecule has 1 N–H and O–H groups in total. The van der Waals surface area contributed by atoms with Crippen molar-refractivity contribution < 1.29 is 4.74 Å². The summed E-state index contributed by atoms with van der Waals surface area (Å²) in [4.78, 5) is 11.4. The number of benzene rings is 2. The Morgan fingerprint density at radius 1 is 1.33 bits per heavy atom. The molecular formula is C17H13ClN4O2. The average Bonchev–Trinajstić information content (AvgIpc) is 2.90. The van der Waals surface area contributed by atoms with E-state index < -0.39 is 0 Å². The number of ether oxygens (including phenoxy) is 1. The molecule has 0 fully saturated rings. The molecule has 0 aliphatic carbocycles. The first kappa shape index (κ1) is 15.8. The lowest BCUT2D eigenvalue weighted by Gasteiger charge is -2.10. The van der Waals surface area contributed by atoms with E-state index in [1.54, 1.807) is 43.4 Å². The number of nitrogens with zero attached hydrogens (tertiary/aromatic N) is 3. The molecule has 0 spiro atoms. The summed E-state index contributed by atoms with van der Waals surface area (Å²) in [5, 5.41) is 15.8. The summed E-state index contributed by atoms with van der Waals surface area (Å²) in [5.41, 5.74) is 1.14. The normalized spacial score (nSPS) is 10.4. The van der Waals surface area contributed by atoms with E-state index in [2.05, 4.69) is 16.3 Å². The number of halogens is 1. The van der Waals surface area contributed by atoms with Gasteiger partial charge in [0.2, 0.25) is 0 Å². The lowest BCUT2D eigenvalue weighted by molar-refractivity contribution is 0.482. The van der Waals surface area contributed by atoms with Crippen LogP contribution in [0.5, 0.6) is 11.5 Å². The van der Waals surface area contributed by atoms with Gasteiger partial charge in [0, 0.05) is 13.5 Å². The fourth-order valence-electron chi connectivity index (χ4n) is 2.21. The SMILES string of the molecule is Cn1c(Cc2ccc(Cl)c(Oc3cccc(C#N)c3)c2)n[nH]c1=O. The predicted octanol–water partition coefficient (Wildman–Crippen LogP) is 3.02. The largest absolute Gasteiger partial charge is 0.456 e. The molecule has 0 bridgehead atoms. The van der Waals surface area contributed by atoms with Crippen LogP contribution >= 0.6 is 11.6 Å². The topological polar surface area (TPSA) is 83.7 Å². The Hall–Kier alpha value is -3.04. The van der Waals surface area contributed by atoms with Crippen molar-refractivity contribution in [2.24, 2.45) is 7.05 Å². The van der Waals surface area contributed by atoms with E-state index in [9.17, 15) is 4.79 Å². The fourth-order valence-corrected chi connectivity index (χ4v) is 2.37. The van der Waals surface area contributed by atoms with Crippen molar-refractivity contribution in [1.82, 2.24) is 14.8 Å². The van der Waals surface area contributed by atoms with Crippen molar-refractivity contribution >= 4 is 11.6 Å². The maximum absolute atomic E-state index is 11.4. The third kappa shape index (κ3) is 3.31. The first-order valence-electron chi connectivity index (χ1n) is 7.13. The van der Waals surface area contributed by atoms with E-state index in [0.717, 1.165) is 5.56 Å². The van der Waals surface area contributed by atoms with Crippen LogP contribution in [-0.2, 0) is 13.5 Å². The zero-order chi connectivity index (χ0) is 17.1. The Bertz CT molecular complexity index is 985. The maximum Gasteiger partial charge on any atom is 0.343 e. The molecule has 0 saturated carbocycles. The summed E-state index contributed by atoms with van der Waals surface area (Å²) < 4.78 is 7.24. The van der Waals surface area contributed by atoms with Gasteiger partial charge in [0.15, 0.2) is 0 Å². The van der Waals surface area contributed by atoms with Crippen LogP contribution in [0.25, 0.3) is 0 Å². The second-order valence-electron chi connectivity index (χ2n) is 5.19. The van der Waals surface area contributed by atoms with Crippen LogP contribution in [0.15, 0.2) is 47.3 Å². The number of hydrogen-bond acceptors (Lipinski definition) is 4. The van der Waals surface area contributed by atoms with Crippen molar-refractivity contribution in [2.45, 2.75) is 6.42 Å². The van der Waals surface area contributed by atoms with Gasteiger partial charge in [0.1, 0.15) is 17.3 Å². The monoisotopic (exact) mass is 340 g/mol. The molecule has 6 nitrogen and oxygen atoms in total. The van der Waals surface area contributed by atoms with Crippen molar-refractivity contribution in [1.29, 1.82) is 5.26 Å². The van der Waals surface area contributed by atoms with Crippen molar-refractivity contribution in [2.75, 3.05) is 0 Å². The van der Waals surface area contributed by atoms with Crippen LogP contribution in [0.4, 0.5) is 0 Å². The second kappa shape index (κ2) is 6.60.